The van der Waals surface area contributed by atoms with Crippen molar-refractivity contribution in [2.75, 3.05) is 20.8 Å². The largest absolute Gasteiger partial charge is 0.493 e. The van der Waals surface area contributed by atoms with Crippen LogP contribution in [-0.2, 0) is 27.3 Å². The van der Waals surface area contributed by atoms with E-state index in [4.69, 9.17) is 18.9 Å². The molecule has 0 N–H and O–H groups in total. The highest BCUT2D eigenvalue weighted by molar-refractivity contribution is 5.73. The summed E-state index contributed by atoms with van der Waals surface area (Å²) in [5.74, 6) is 0.966. The van der Waals surface area contributed by atoms with E-state index in [0.29, 0.717) is 37.3 Å². The van der Waals surface area contributed by atoms with Gasteiger partial charge in [0.2, 0.25) is 0 Å². The summed E-state index contributed by atoms with van der Waals surface area (Å²) in [5.41, 5.74) is 2.86. The molecule has 2 unspecified atom stereocenters. The number of nitrogens with zero attached hydrogens (tertiary/aromatic N) is 1. The van der Waals surface area contributed by atoms with E-state index in [9.17, 15) is 9.59 Å². The van der Waals surface area contributed by atoms with Gasteiger partial charge in [0.05, 0.1) is 20.3 Å². The maximum absolute atomic E-state index is 13.0. The first-order valence-corrected chi connectivity index (χ1v) is 10.0. The number of carbonyl (C=O) groups excluding carboxylic acids is 2. The fourth-order valence-electron chi connectivity index (χ4n) is 4.15. The molecular formula is C23H25NO6. The van der Waals surface area contributed by atoms with Gasteiger partial charge in [-0.3, -0.25) is 9.69 Å². The second-order valence-corrected chi connectivity index (χ2v) is 7.40. The Morgan fingerprint density at radius 1 is 1.10 bits per heavy atom. The summed E-state index contributed by atoms with van der Waals surface area (Å²) in [5, 5.41) is 0. The van der Waals surface area contributed by atoms with Crippen molar-refractivity contribution in [2.45, 2.75) is 38.0 Å². The van der Waals surface area contributed by atoms with Crippen LogP contribution in [0.25, 0.3) is 0 Å². The van der Waals surface area contributed by atoms with Gasteiger partial charge in [0, 0.05) is 13.0 Å². The van der Waals surface area contributed by atoms with Crippen LogP contribution in [-0.4, -0.2) is 43.8 Å². The highest BCUT2D eigenvalue weighted by Gasteiger charge is 2.42. The summed E-state index contributed by atoms with van der Waals surface area (Å²) in [6, 6.07) is 12.9. The van der Waals surface area contributed by atoms with Gasteiger partial charge in [-0.1, -0.05) is 30.3 Å². The SMILES string of the molecule is COc1cc2c(cc1OC)C(C1CCC(=O)O1)N(C(=O)OCc1ccccc1)CC2. The van der Waals surface area contributed by atoms with Crippen molar-refractivity contribution in [3.8, 4) is 11.5 Å². The van der Waals surface area contributed by atoms with E-state index in [1.165, 1.54) is 0 Å². The number of fused-ring (bicyclic) bond motifs is 1. The molecule has 2 atom stereocenters. The summed E-state index contributed by atoms with van der Waals surface area (Å²) >= 11 is 0. The van der Waals surface area contributed by atoms with E-state index >= 15 is 0 Å². The Kier molecular flexibility index (Phi) is 5.79. The summed E-state index contributed by atoms with van der Waals surface area (Å²) in [6.45, 7) is 0.654. The van der Waals surface area contributed by atoms with Gasteiger partial charge in [-0.05, 0) is 41.7 Å². The molecule has 0 radical (unpaired) electrons. The van der Waals surface area contributed by atoms with Crippen LogP contribution in [0.5, 0.6) is 11.5 Å². The third-order valence-corrected chi connectivity index (χ3v) is 5.63. The van der Waals surface area contributed by atoms with Crippen molar-refractivity contribution in [1.29, 1.82) is 0 Å². The van der Waals surface area contributed by atoms with Crippen molar-refractivity contribution in [3.63, 3.8) is 0 Å². The maximum atomic E-state index is 13.0. The minimum absolute atomic E-state index is 0.187. The Balaban J connectivity index is 1.63. The molecule has 2 aromatic carbocycles. The van der Waals surface area contributed by atoms with E-state index in [2.05, 4.69) is 0 Å². The van der Waals surface area contributed by atoms with Crippen molar-refractivity contribution < 1.29 is 28.5 Å². The van der Waals surface area contributed by atoms with Crippen LogP contribution in [0.2, 0.25) is 0 Å². The highest BCUT2D eigenvalue weighted by Crippen LogP contribution is 2.42. The van der Waals surface area contributed by atoms with Gasteiger partial charge in [-0.25, -0.2) is 4.79 Å². The summed E-state index contributed by atoms with van der Waals surface area (Å²) in [6.07, 6.45) is 0.704. The molecule has 0 spiro atoms. The van der Waals surface area contributed by atoms with E-state index in [-0.39, 0.29) is 12.6 Å². The van der Waals surface area contributed by atoms with E-state index in [1.807, 2.05) is 42.5 Å². The Bertz CT molecular complexity index is 929. The lowest BCUT2D eigenvalue weighted by Gasteiger charge is -2.39. The smallest absolute Gasteiger partial charge is 0.410 e. The number of rotatable bonds is 5. The topological polar surface area (TPSA) is 74.3 Å². The predicted octanol–water partition coefficient (Wildman–Crippen LogP) is 3.65. The van der Waals surface area contributed by atoms with Gasteiger partial charge in [0.1, 0.15) is 12.7 Å². The van der Waals surface area contributed by atoms with Crippen LogP contribution in [0.15, 0.2) is 42.5 Å². The molecule has 30 heavy (non-hydrogen) atoms. The van der Waals surface area contributed by atoms with Crippen LogP contribution < -0.4 is 9.47 Å². The van der Waals surface area contributed by atoms with Crippen LogP contribution >= 0.6 is 0 Å². The number of carbonyl (C=O) groups is 2. The monoisotopic (exact) mass is 411 g/mol. The minimum atomic E-state index is -0.428. The number of benzene rings is 2. The van der Waals surface area contributed by atoms with Crippen molar-refractivity contribution in [3.05, 3.63) is 59.2 Å². The second-order valence-electron chi connectivity index (χ2n) is 7.40. The first kappa shape index (κ1) is 20.1. The first-order chi connectivity index (χ1) is 14.6. The fourth-order valence-corrected chi connectivity index (χ4v) is 4.15. The Labute approximate surface area is 175 Å². The van der Waals surface area contributed by atoms with Crippen molar-refractivity contribution >= 4 is 12.1 Å². The molecule has 2 aromatic rings. The summed E-state index contributed by atoms with van der Waals surface area (Å²) < 4.78 is 22.1. The lowest BCUT2D eigenvalue weighted by molar-refractivity contribution is -0.143. The molecule has 1 saturated heterocycles. The average Bonchev–Trinajstić information content (AvgIpc) is 3.22. The number of methoxy groups -OCH3 is 2. The number of esters is 1. The van der Waals surface area contributed by atoms with Gasteiger partial charge in [-0.2, -0.15) is 0 Å². The third-order valence-electron chi connectivity index (χ3n) is 5.63. The molecule has 7 heteroatoms. The molecule has 0 aromatic heterocycles. The summed E-state index contributed by atoms with van der Waals surface area (Å²) in [4.78, 5) is 26.5. The van der Waals surface area contributed by atoms with Gasteiger partial charge < -0.3 is 18.9 Å². The average molecular weight is 411 g/mol. The number of hydrogen-bond acceptors (Lipinski definition) is 6. The van der Waals surface area contributed by atoms with Gasteiger partial charge in [0.15, 0.2) is 11.5 Å². The molecule has 1 fully saturated rings. The predicted molar refractivity (Wildman–Crippen MR) is 108 cm³/mol. The van der Waals surface area contributed by atoms with Gasteiger partial charge >= 0.3 is 12.1 Å². The standard InChI is InChI=1S/C23H25NO6/c1-27-19-12-16-10-11-24(23(26)29-14-15-6-4-3-5-7-15)22(17(16)13-20(19)28-2)18-8-9-21(25)30-18/h3-7,12-13,18,22H,8-11,14H2,1-2H3. The Morgan fingerprint density at radius 2 is 1.83 bits per heavy atom. The van der Waals surface area contributed by atoms with Gasteiger partial charge in [0.25, 0.3) is 0 Å². The quantitative estimate of drug-likeness (QED) is 0.700. The highest BCUT2D eigenvalue weighted by atomic mass is 16.6. The number of hydrogen-bond donors (Lipinski definition) is 0. The van der Waals surface area contributed by atoms with Gasteiger partial charge in [-0.15, -0.1) is 0 Å². The van der Waals surface area contributed by atoms with Crippen molar-refractivity contribution in [1.82, 2.24) is 4.90 Å². The molecule has 4 rings (SSSR count). The molecule has 2 heterocycles. The molecule has 2 aliphatic rings. The van der Waals surface area contributed by atoms with E-state index < -0.39 is 18.2 Å². The molecule has 0 bridgehead atoms. The molecular weight excluding hydrogens is 386 g/mol. The molecule has 1 amide bonds. The number of cyclic esters (lactones) is 1. The molecule has 0 aliphatic carbocycles. The lowest BCUT2D eigenvalue weighted by atomic mass is 9.88. The van der Waals surface area contributed by atoms with Crippen LogP contribution in [0.4, 0.5) is 4.79 Å². The number of amides is 1. The Hall–Kier alpha value is -3.22. The zero-order valence-corrected chi connectivity index (χ0v) is 17.1. The Morgan fingerprint density at radius 3 is 2.50 bits per heavy atom. The third kappa shape index (κ3) is 3.92. The molecule has 0 saturated carbocycles. The fraction of sp³-hybridized carbons (Fsp3) is 0.391. The first-order valence-electron chi connectivity index (χ1n) is 10.0. The van der Waals surface area contributed by atoms with Crippen LogP contribution in [0, 0.1) is 0 Å². The zero-order valence-electron chi connectivity index (χ0n) is 17.1. The lowest BCUT2D eigenvalue weighted by Crippen LogP contribution is -2.45. The van der Waals surface area contributed by atoms with E-state index in [1.54, 1.807) is 19.1 Å². The van der Waals surface area contributed by atoms with E-state index in [0.717, 1.165) is 16.7 Å². The zero-order chi connectivity index (χ0) is 21.1. The normalized spacial score (nSPS) is 20.3. The molecule has 2 aliphatic heterocycles. The van der Waals surface area contributed by atoms with Crippen LogP contribution in [0.1, 0.15) is 35.6 Å². The van der Waals surface area contributed by atoms with Crippen molar-refractivity contribution in [2.24, 2.45) is 0 Å². The minimum Gasteiger partial charge on any atom is -0.493 e. The number of ether oxygens (including phenoxy) is 4. The van der Waals surface area contributed by atoms with Crippen LogP contribution in [0.3, 0.4) is 0 Å². The molecule has 7 nitrogen and oxygen atoms in total. The second kappa shape index (κ2) is 8.65. The maximum Gasteiger partial charge on any atom is 0.410 e. The molecule has 158 valence electrons. The summed E-state index contributed by atoms with van der Waals surface area (Å²) in [7, 11) is 3.17.